The maximum Gasteiger partial charge on any atom is 0.0593 e. The lowest BCUT2D eigenvalue weighted by atomic mass is 9.92. The van der Waals surface area contributed by atoms with Crippen LogP contribution in [0, 0.1) is 0 Å². The fourth-order valence-electron chi connectivity index (χ4n) is 3.31. The van der Waals surface area contributed by atoms with Crippen LogP contribution in [0.4, 0.5) is 0 Å². The largest absolute Gasteiger partial charge is 0.380 e. The zero-order valence-electron chi connectivity index (χ0n) is 12.2. The van der Waals surface area contributed by atoms with Gasteiger partial charge in [0.15, 0.2) is 0 Å². The van der Waals surface area contributed by atoms with Crippen molar-refractivity contribution in [2.24, 2.45) is 0 Å². The highest BCUT2D eigenvalue weighted by Gasteiger charge is 2.39. The quantitative estimate of drug-likeness (QED) is 0.737. The highest BCUT2D eigenvalue weighted by atomic mass is 16.5. The molecular formula is C15H30N2O. The van der Waals surface area contributed by atoms with E-state index in [9.17, 15) is 0 Å². The van der Waals surface area contributed by atoms with E-state index in [0.717, 1.165) is 26.3 Å². The number of ether oxygens (including phenoxy) is 1. The Hall–Kier alpha value is -0.120. The van der Waals surface area contributed by atoms with Gasteiger partial charge in [-0.25, -0.2) is 0 Å². The molecule has 1 heterocycles. The summed E-state index contributed by atoms with van der Waals surface area (Å²) in [6.45, 7) is 9.86. The number of nitrogens with zero attached hydrogens (tertiary/aromatic N) is 1. The van der Waals surface area contributed by atoms with E-state index in [1.807, 2.05) is 0 Å². The zero-order chi connectivity index (χ0) is 12.8. The third-order valence-electron chi connectivity index (χ3n) is 4.63. The molecule has 1 unspecified atom stereocenters. The van der Waals surface area contributed by atoms with E-state index in [0.29, 0.717) is 11.6 Å². The molecule has 2 fully saturated rings. The molecule has 1 spiro atoms. The molecule has 1 atom stereocenters. The second-order valence-corrected chi connectivity index (χ2v) is 6.15. The molecule has 1 aliphatic heterocycles. The van der Waals surface area contributed by atoms with Crippen molar-refractivity contribution >= 4 is 0 Å². The molecule has 106 valence electrons. The molecule has 3 nitrogen and oxygen atoms in total. The average Bonchev–Trinajstić information content (AvgIpc) is 2.82. The Bertz CT molecular complexity index is 239. The van der Waals surface area contributed by atoms with Gasteiger partial charge < -0.3 is 10.1 Å². The van der Waals surface area contributed by atoms with Gasteiger partial charge in [-0.15, -0.1) is 0 Å². The van der Waals surface area contributed by atoms with Crippen LogP contribution in [0.25, 0.3) is 0 Å². The molecule has 2 aliphatic rings. The number of rotatable bonds is 6. The summed E-state index contributed by atoms with van der Waals surface area (Å²) >= 11 is 0. The third kappa shape index (κ3) is 3.69. The van der Waals surface area contributed by atoms with Crippen LogP contribution < -0.4 is 5.32 Å². The summed E-state index contributed by atoms with van der Waals surface area (Å²) in [5.41, 5.74) is 0.440. The molecule has 0 aromatic rings. The van der Waals surface area contributed by atoms with Crippen LogP contribution in [0.15, 0.2) is 0 Å². The topological polar surface area (TPSA) is 24.5 Å². The number of hydrogen-bond acceptors (Lipinski definition) is 3. The van der Waals surface area contributed by atoms with Crippen molar-refractivity contribution in [3.63, 3.8) is 0 Å². The molecule has 2 rings (SSSR count). The van der Waals surface area contributed by atoms with Crippen LogP contribution in [-0.4, -0.2) is 49.3 Å². The molecular weight excluding hydrogens is 224 g/mol. The number of unbranched alkanes of at least 4 members (excludes halogenated alkanes) is 1. The summed E-state index contributed by atoms with van der Waals surface area (Å²) in [6.07, 6.45) is 7.97. The monoisotopic (exact) mass is 254 g/mol. The standard InChI is InChI=1S/C15H30N2O/c1-3-4-10-18-11-9-17-13-15(7-5-6-8-15)16-12-14(17)2/h14,16H,3-13H2,1-2H3. The summed E-state index contributed by atoms with van der Waals surface area (Å²) in [6, 6.07) is 0.658. The lowest BCUT2D eigenvalue weighted by Gasteiger charge is -2.45. The summed E-state index contributed by atoms with van der Waals surface area (Å²) in [5.74, 6) is 0. The molecule has 1 saturated heterocycles. The van der Waals surface area contributed by atoms with Gasteiger partial charge in [-0.1, -0.05) is 26.2 Å². The van der Waals surface area contributed by atoms with Crippen LogP contribution >= 0.6 is 0 Å². The van der Waals surface area contributed by atoms with Gasteiger partial charge in [0.05, 0.1) is 6.61 Å². The Labute approximate surface area is 112 Å². The van der Waals surface area contributed by atoms with Gasteiger partial charge in [0.25, 0.3) is 0 Å². The van der Waals surface area contributed by atoms with Crippen molar-refractivity contribution in [3.8, 4) is 0 Å². The Morgan fingerprint density at radius 1 is 1.28 bits per heavy atom. The smallest absolute Gasteiger partial charge is 0.0593 e. The summed E-state index contributed by atoms with van der Waals surface area (Å²) < 4.78 is 5.71. The highest BCUT2D eigenvalue weighted by molar-refractivity contribution is 5.00. The fraction of sp³-hybridized carbons (Fsp3) is 1.00. The van der Waals surface area contributed by atoms with E-state index in [-0.39, 0.29) is 0 Å². The van der Waals surface area contributed by atoms with E-state index >= 15 is 0 Å². The van der Waals surface area contributed by atoms with E-state index in [1.54, 1.807) is 0 Å². The molecule has 0 amide bonds. The number of piperazine rings is 1. The second kappa shape index (κ2) is 6.88. The van der Waals surface area contributed by atoms with Gasteiger partial charge in [0.1, 0.15) is 0 Å². The lowest BCUT2D eigenvalue weighted by Crippen LogP contribution is -2.62. The minimum Gasteiger partial charge on any atom is -0.380 e. The third-order valence-corrected chi connectivity index (χ3v) is 4.63. The Balaban J connectivity index is 1.72. The first-order valence-electron chi connectivity index (χ1n) is 7.82. The van der Waals surface area contributed by atoms with Crippen molar-refractivity contribution in [1.29, 1.82) is 0 Å². The first-order chi connectivity index (χ1) is 8.76. The van der Waals surface area contributed by atoms with Gasteiger partial charge >= 0.3 is 0 Å². The SMILES string of the molecule is CCCCOCCN1CC2(CCCC2)NCC1C. The van der Waals surface area contributed by atoms with Crippen molar-refractivity contribution in [3.05, 3.63) is 0 Å². The van der Waals surface area contributed by atoms with Crippen LogP contribution in [0.5, 0.6) is 0 Å². The van der Waals surface area contributed by atoms with Crippen LogP contribution in [0.2, 0.25) is 0 Å². The van der Waals surface area contributed by atoms with Gasteiger partial charge in [-0.2, -0.15) is 0 Å². The van der Waals surface area contributed by atoms with E-state index < -0.39 is 0 Å². The fourth-order valence-corrected chi connectivity index (χ4v) is 3.31. The van der Waals surface area contributed by atoms with Crippen molar-refractivity contribution < 1.29 is 4.74 Å². The number of nitrogens with one attached hydrogen (secondary N) is 1. The molecule has 0 aromatic heterocycles. The molecule has 1 aliphatic carbocycles. The molecule has 0 radical (unpaired) electrons. The molecule has 0 aromatic carbocycles. The van der Waals surface area contributed by atoms with Gasteiger partial charge in [-0.05, 0) is 26.2 Å². The zero-order valence-corrected chi connectivity index (χ0v) is 12.2. The maximum atomic E-state index is 5.71. The summed E-state index contributed by atoms with van der Waals surface area (Å²) in [7, 11) is 0. The van der Waals surface area contributed by atoms with Crippen LogP contribution in [0.3, 0.4) is 0 Å². The van der Waals surface area contributed by atoms with E-state index in [1.165, 1.54) is 45.1 Å². The lowest BCUT2D eigenvalue weighted by molar-refractivity contribution is 0.0465. The van der Waals surface area contributed by atoms with Crippen molar-refractivity contribution in [2.45, 2.75) is 64.0 Å². The summed E-state index contributed by atoms with van der Waals surface area (Å²) in [4.78, 5) is 2.63. The van der Waals surface area contributed by atoms with E-state index in [4.69, 9.17) is 4.74 Å². The Morgan fingerprint density at radius 2 is 2.06 bits per heavy atom. The van der Waals surface area contributed by atoms with Crippen molar-refractivity contribution in [1.82, 2.24) is 10.2 Å². The first-order valence-corrected chi connectivity index (χ1v) is 7.82. The Morgan fingerprint density at radius 3 is 2.78 bits per heavy atom. The number of hydrogen-bond donors (Lipinski definition) is 1. The molecule has 3 heteroatoms. The molecule has 1 N–H and O–H groups in total. The molecule has 1 saturated carbocycles. The first kappa shape index (κ1) is 14.3. The molecule has 0 bridgehead atoms. The predicted molar refractivity (Wildman–Crippen MR) is 76.0 cm³/mol. The van der Waals surface area contributed by atoms with E-state index in [2.05, 4.69) is 24.1 Å². The molecule has 18 heavy (non-hydrogen) atoms. The normalized spacial score (nSPS) is 28.0. The minimum atomic E-state index is 0.440. The predicted octanol–water partition coefficient (Wildman–Crippen LogP) is 2.41. The second-order valence-electron chi connectivity index (χ2n) is 6.15. The Kier molecular flexibility index (Phi) is 5.46. The highest BCUT2D eigenvalue weighted by Crippen LogP contribution is 2.32. The van der Waals surface area contributed by atoms with Gasteiger partial charge in [-0.3, -0.25) is 4.90 Å². The van der Waals surface area contributed by atoms with Gasteiger partial charge in [0, 0.05) is 37.8 Å². The van der Waals surface area contributed by atoms with Gasteiger partial charge in [0.2, 0.25) is 0 Å². The van der Waals surface area contributed by atoms with Crippen molar-refractivity contribution in [2.75, 3.05) is 32.8 Å². The minimum absolute atomic E-state index is 0.440. The maximum absolute atomic E-state index is 5.71. The van der Waals surface area contributed by atoms with Crippen LogP contribution in [0.1, 0.15) is 52.4 Å². The van der Waals surface area contributed by atoms with Crippen LogP contribution in [-0.2, 0) is 4.74 Å². The average molecular weight is 254 g/mol. The summed E-state index contributed by atoms with van der Waals surface area (Å²) in [5, 5.41) is 3.80.